The zero-order valence-electron chi connectivity index (χ0n) is 7.00. The van der Waals surface area contributed by atoms with Gasteiger partial charge in [0.1, 0.15) is 5.75 Å². The van der Waals surface area contributed by atoms with E-state index < -0.39 is 0 Å². The van der Waals surface area contributed by atoms with Crippen LogP contribution in [0.1, 0.15) is 0 Å². The van der Waals surface area contributed by atoms with E-state index in [2.05, 4.69) is 22.6 Å². The molecule has 13 heavy (non-hydrogen) atoms. The Labute approximate surface area is 93.8 Å². The van der Waals surface area contributed by atoms with Gasteiger partial charge in [0.05, 0.1) is 12.1 Å². The standard InChI is InChI=1S/C9H8INOS/c1-12-5-2-7(10)6-4-9(11)13-8(6)3-5/h2-4H,11H2,1H3. The average molecular weight is 305 g/mol. The summed E-state index contributed by atoms with van der Waals surface area (Å²) in [6.45, 7) is 0. The SMILES string of the molecule is COc1cc(I)c2cc(N)sc2c1. The van der Waals surface area contributed by atoms with E-state index in [0.29, 0.717) is 0 Å². The molecule has 2 nitrogen and oxygen atoms in total. The number of benzene rings is 1. The maximum absolute atomic E-state index is 5.73. The molecule has 0 amide bonds. The number of hydrogen-bond acceptors (Lipinski definition) is 3. The molecule has 1 aromatic carbocycles. The third-order valence-corrected chi connectivity index (χ3v) is 3.62. The van der Waals surface area contributed by atoms with E-state index in [4.69, 9.17) is 10.5 Å². The van der Waals surface area contributed by atoms with Crippen LogP contribution in [-0.4, -0.2) is 7.11 Å². The molecule has 2 aromatic rings. The molecule has 0 saturated carbocycles. The first-order chi connectivity index (χ1) is 6.20. The van der Waals surface area contributed by atoms with Crippen molar-refractivity contribution >= 4 is 49.0 Å². The van der Waals surface area contributed by atoms with Gasteiger partial charge in [-0.25, -0.2) is 0 Å². The highest BCUT2D eigenvalue weighted by atomic mass is 127. The van der Waals surface area contributed by atoms with Crippen molar-refractivity contribution in [2.24, 2.45) is 0 Å². The minimum absolute atomic E-state index is 0.848. The normalized spacial score (nSPS) is 10.6. The molecule has 1 heterocycles. The van der Waals surface area contributed by atoms with Crippen LogP contribution in [0.2, 0.25) is 0 Å². The van der Waals surface area contributed by atoms with E-state index in [1.165, 1.54) is 13.7 Å². The predicted molar refractivity (Wildman–Crippen MR) is 65.5 cm³/mol. The van der Waals surface area contributed by atoms with Gasteiger partial charge in [0.25, 0.3) is 0 Å². The summed E-state index contributed by atoms with van der Waals surface area (Å²) in [6, 6.07) is 6.02. The number of halogens is 1. The highest BCUT2D eigenvalue weighted by Crippen LogP contribution is 2.34. The molecular weight excluding hydrogens is 297 g/mol. The summed E-state index contributed by atoms with van der Waals surface area (Å²) in [5, 5.41) is 2.06. The van der Waals surface area contributed by atoms with Gasteiger partial charge in [-0.15, -0.1) is 11.3 Å². The summed E-state index contributed by atoms with van der Waals surface area (Å²) in [4.78, 5) is 0. The number of fused-ring (bicyclic) bond motifs is 1. The summed E-state index contributed by atoms with van der Waals surface area (Å²) in [5.41, 5.74) is 5.73. The van der Waals surface area contributed by atoms with Crippen LogP contribution in [0.5, 0.6) is 5.75 Å². The van der Waals surface area contributed by atoms with Gasteiger partial charge in [-0.3, -0.25) is 0 Å². The smallest absolute Gasteiger partial charge is 0.121 e. The Morgan fingerprint density at radius 2 is 2.15 bits per heavy atom. The zero-order chi connectivity index (χ0) is 9.42. The van der Waals surface area contributed by atoms with Crippen molar-refractivity contribution in [3.05, 3.63) is 21.8 Å². The Morgan fingerprint density at radius 3 is 2.85 bits per heavy atom. The van der Waals surface area contributed by atoms with Crippen molar-refractivity contribution in [2.75, 3.05) is 12.8 Å². The second-order valence-electron chi connectivity index (χ2n) is 2.67. The number of nitrogens with two attached hydrogens (primary N) is 1. The number of rotatable bonds is 1. The maximum atomic E-state index is 5.73. The first-order valence-corrected chi connectivity index (χ1v) is 5.63. The van der Waals surface area contributed by atoms with Gasteiger partial charge in [0, 0.05) is 13.7 Å². The lowest BCUT2D eigenvalue weighted by molar-refractivity contribution is 0.415. The van der Waals surface area contributed by atoms with Crippen LogP contribution in [0, 0.1) is 3.57 Å². The number of methoxy groups -OCH3 is 1. The lowest BCUT2D eigenvalue weighted by atomic mass is 10.2. The highest BCUT2D eigenvalue weighted by molar-refractivity contribution is 14.1. The minimum atomic E-state index is 0.848. The van der Waals surface area contributed by atoms with Gasteiger partial charge in [0.15, 0.2) is 0 Å². The molecule has 0 radical (unpaired) electrons. The van der Waals surface area contributed by atoms with Crippen LogP contribution in [0.4, 0.5) is 5.00 Å². The summed E-state index contributed by atoms with van der Waals surface area (Å²) in [7, 11) is 1.67. The molecule has 0 atom stereocenters. The fraction of sp³-hybridized carbons (Fsp3) is 0.111. The molecule has 0 aliphatic rings. The summed E-state index contributed by atoms with van der Waals surface area (Å²) in [6.07, 6.45) is 0. The van der Waals surface area contributed by atoms with Crippen LogP contribution >= 0.6 is 33.9 Å². The quantitative estimate of drug-likeness (QED) is 0.822. The average Bonchev–Trinajstić information content (AvgIpc) is 2.46. The second kappa shape index (κ2) is 3.34. The first-order valence-electron chi connectivity index (χ1n) is 3.73. The van der Waals surface area contributed by atoms with Gasteiger partial charge in [-0.05, 0) is 40.8 Å². The van der Waals surface area contributed by atoms with E-state index in [0.717, 1.165) is 10.8 Å². The van der Waals surface area contributed by atoms with Crippen LogP contribution in [0.15, 0.2) is 18.2 Å². The first kappa shape index (κ1) is 9.08. The van der Waals surface area contributed by atoms with Gasteiger partial charge < -0.3 is 10.5 Å². The lowest BCUT2D eigenvalue weighted by Crippen LogP contribution is -1.82. The van der Waals surface area contributed by atoms with Gasteiger partial charge >= 0.3 is 0 Å². The second-order valence-corrected chi connectivity index (χ2v) is 4.95. The molecule has 0 fully saturated rings. The number of thiophene rings is 1. The number of hydrogen-bond donors (Lipinski definition) is 1. The van der Waals surface area contributed by atoms with Crippen LogP contribution in [-0.2, 0) is 0 Å². The molecular formula is C9H8INOS. The lowest BCUT2D eigenvalue weighted by Gasteiger charge is -2.00. The third-order valence-electron chi connectivity index (χ3n) is 1.82. The molecule has 1 aromatic heterocycles. The summed E-state index contributed by atoms with van der Waals surface area (Å²) >= 11 is 3.88. The van der Waals surface area contributed by atoms with Gasteiger partial charge in [-0.2, -0.15) is 0 Å². The van der Waals surface area contributed by atoms with Gasteiger partial charge in [-0.1, -0.05) is 0 Å². The molecule has 4 heteroatoms. The Balaban J connectivity index is 2.75. The minimum Gasteiger partial charge on any atom is -0.497 e. The number of ether oxygens (including phenoxy) is 1. The monoisotopic (exact) mass is 305 g/mol. The number of nitrogen functional groups attached to an aromatic ring is 1. The van der Waals surface area contributed by atoms with E-state index in [9.17, 15) is 0 Å². The van der Waals surface area contributed by atoms with Crippen molar-refractivity contribution in [3.63, 3.8) is 0 Å². The Bertz CT molecular complexity index is 452. The molecule has 0 spiro atoms. The Morgan fingerprint density at radius 1 is 1.38 bits per heavy atom. The fourth-order valence-corrected chi connectivity index (χ4v) is 3.03. The van der Waals surface area contributed by atoms with Crippen LogP contribution in [0.25, 0.3) is 10.1 Å². The molecule has 0 bridgehead atoms. The maximum Gasteiger partial charge on any atom is 0.121 e. The fourth-order valence-electron chi connectivity index (χ4n) is 1.21. The van der Waals surface area contributed by atoms with Crippen molar-refractivity contribution in [1.29, 1.82) is 0 Å². The summed E-state index contributed by atoms with van der Waals surface area (Å²) < 4.78 is 7.54. The highest BCUT2D eigenvalue weighted by Gasteiger charge is 2.05. The van der Waals surface area contributed by atoms with Crippen LogP contribution in [0.3, 0.4) is 0 Å². The van der Waals surface area contributed by atoms with Crippen molar-refractivity contribution in [3.8, 4) is 5.75 Å². The van der Waals surface area contributed by atoms with E-state index in [-0.39, 0.29) is 0 Å². The summed E-state index contributed by atoms with van der Waals surface area (Å²) in [5.74, 6) is 0.888. The van der Waals surface area contributed by atoms with E-state index in [1.54, 1.807) is 18.4 Å². The van der Waals surface area contributed by atoms with Crippen molar-refractivity contribution < 1.29 is 4.74 Å². The van der Waals surface area contributed by atoms with Gasteiger partial charge in [0.2, 0.25) is 0 Å². The predicted octanol–water partition coefficient (Wildman–Crippen LogP) is 3.10. The molecule has 2 N–H and O–H groups in total. The van der Waals surface area contributed by atoms with E-state index in [1.807, 2.05) is 18.2 Å². The molecule has 0 aliphatic carbocycles. The van der Waals surface area contributed by atoms with E-state index >= 15 is 0 Å². The van der Waals surface area contributed by atoms with Crippen LogP contribution < -0.4 is 10.5 Å². The Kier molecular flexibility index (Phi) is 2.33. The van der Waals surface area contributed by atoms with Crippen molar-refractivity contribution in [1.82, 2.24) is 0 Å². The molecule has 68 valence electrons. The molecule has 2 rings (SSSR count). The molecule has 0 unspecified atom stereocenters. The zero-order valence-corrected chi connectivity index (χ0v) is 9.98. The third kappa shape index (κ3) is 1.60. The molecule has 0 aliphatic heterocycles. The molecule has 0 saturated heterocycles. The van der Waals surface area contributed by atoms with Crippen molar-refractivity contribution in [2.45, 2.75) is 0 Å². The number of anilines is 1. The largest absolute Gasteiger partial charge is 0.497 e. The topological polar surface area (TPSA) is 35.2 Å². The Hall–Kier alpha value is -0.490.